The molecule has 0 unspecified atom stereocenters. The first kappa shape index (κ1) is 12.1. The standard InChI is InChI=1S/C10H12Cl2N2O/c1-3-14(2)10(15)6-4-7(11)9(12)8(13)5-6/h4-5H,3,13H2,1-2H3. The Hall–Kier alpha value is -0.930. The van der Waals surface area contributed by atoms with Crippen molar-refractivity contribution in [2.45, 2.75) is 6.92 Å². The Morgan fingerprint density at radius 1 is 1.47 bits per heavy atom. The highest BCUT2D eigenvalue weighted by molar-refractivity contribution is 6.43. The molecule has 2 N–H and O–H groups in total. The highest BCUT2D eigenvalue weighted by Gasteiger charge is 2.13. The van der Waals surface area contributed by atoms with Crippen molar-refractivity contribution in [3.63, 3.8) is 0 Å². The number of carbonyl (C=O) groups is 1. The maximum atomic E-state index is 11.8. The molecule has 5 heteroatoms. The molecule has 0 radical (unpaired) electrons. The fraction of sp³-hybridized carbons (Fsp3) is 0.300. The van der Waals surface area contributed by atoms with Crippen molar-refractivity contribution in [3.8, 4) is 0 Å². The molecule has 0 aliphatic carbocycles. The van der Waals surface area contributed by atoms with Gasteiger partial charge in [-0.05, 0) is 19.1 Å². The van der Waals surface area contributed by atoms with Gasteiger partial charge in [-0.1, -0.05) is 23.2 Å². The Kier molecular flexibility index (Phi) is 3.83. The van der Waals surface area contributed by atoms with Crippen molar-refractivity contribution in [2.24, 2.45) is 0 Å². The van der Waals surface area contributed by atoms with Crippen LogP contribution in [0.2, 0.25) is 10.0 Å². The minimum Gasteiger partial charge on any atom is -0.397 e. The number of carbonyl (C=O) groups excluding carboxylic acids is 1. The predicted molar refractivity (Wildman–Crippen MR) is 63.5 cm³/mol. The van der Waals surface area contributed by atoms with Crippen molar-refractivity contribution in [1.82, 2.24) is 4.90 Å². The van der Waals surface area contributed by atoms with Gasteiger partial charge in [0.25, 0.3) is 5.91 Å². The molecule has 15 heavy (non-hydrogen) atoms. The van der Waals surface area contributed by atoms with E-state index in [1.165, 1.54) is 12.1 Å². The van der Waals surface area contributed by atoms with Gasteiger partial charge in [0.15, 0.2) is 0 Å². The van der Waals surface area contributed by atoms with Gasteiger partial charge in [0.2, 0.25) is 0 Å². The molecule has 0 saturated carbocycles. The molecule has 0 aliphatic rings. The fourth-order valence-electron chi connectivity index (χ4n) is 1.10. The van der Waals surface area contributed by atoms with Crippen LogP contribution in [-0.4, -0.2) is 24.4 Å². The number of hydrogen-bond donors (Lipinski definition) is 1. The number of nitrogens with two attached hydrogens (primary N) is 1. The lowest BCUT2D eigenvalue weighted by Gasteiger charge is -2.15. The summed E-state index contributed by atoms with van der Waals surface area (Å²) in [5, 5.41) is 0.580. The van der Waals surface area contributed by atoms with Crippen molar-refractivity contribution in [1.29, 1.82) is 0 Å². The Morgan fingerprint density at radius 2 is 2.07 bits per heavy atom. The molecular formula is C10H12Cl2N2O. The smallest absolute Gasteiger partial charge is 0.253 e. The third-order valence-corrected chi connectivity index (χ3v) is 2.94. The molecule has 1 aromatic carbocycles. The van der Waals surface area contributed by atoms with E-state index in [-0.39, 0.29) is 10.9 Å². The number of halogens is 2. The van der Waals surface area contributed by atoms with Gasteiger partial charge in [-0.2, -0.15) is 0 Å². The van der Waals surface area contributed by atoms with Crippen LogP contribution in [0, 0.1) is 0 Å². The third-order valence-electron chi connectivity index (χ3n) is 2.12. The number of nitrogen functional groups attached to an aromatic ring is 1. The second-order valence-electron chi connectivity index (χ2n) is 3.18. The SMILES string of the molecule is CCN(C)C(=O)c1cc(N)c(Cl)c(Cl)c1. The van der Waals surface area contributed by atoms with Gasteiger partial charge in [-0.25, -0.2) is 0 Å². The van der Waals surface area contributed by atoms with E-state index in [2.05, 4.69) is 0 Å². The van der Waals surface area contributed by atoms with Crippen molar-refractivity contribution in [3.05, 3.63) is 27.7 Å². The van der Waals surface area contributed by atoms with Gasteiger partial charge in [-0.15, -0.1) is 0 Å². The minimum absolute atomic E-state index is 0.122. The molecule has 3 nitrogen and oxygen atoms in total. The second kappa shape index (κ2) is 4.73. The first-order valence-corrected chi connectivity index (χ1v) is 5.23. The summed E-state index contributed by atoms with van der Waals surface area (Å²) in [5.41, 5.74) is 6.38. The molecule has 0 heterocycles. The van der Waals surface area contributed by atoms with Crippen molar-refractivity contribution >= 4 is 34.8 Å². The van der Waals surface area contributed by atoms with Crippen LogP contribution in [-0.2, 0) is 0 Å². The van der Waals surface area contributed by atoms with Gasteiger partial charge in [0.05, 0.1) is 15.7 Å². The van der Waals surface area contributed by atoms with Gasteiger partial charge in [0.1, 0.15) is 0 Å². The normalized spacial score (nSPS) is 10.1. The zero-order chi connectivity index (χ0) is 11.6. The van der Waals surface area contributed by atoms with Crippen LogP contribution in [0.25, 0.3) is 0 Å². The first-order valence-electron chi connectivity index (χ1n) is 4.47. The molecule has 0 aromatic heterocycles. The summed E-state index contributed by atoms with van der Waals surface area (Å²) in [6.45, 7) is 2.51. The van der Waals surface area contributed by atoms with Crippen molar-refractivity contribution < 1.29 is 4.79 Å². The first-order chi connectivity index (χ1) is 6.97. The van der Waals surface area contributed by atoms with Crippen LogP contribution in [0.4, 0.5) is 5.69 Å². The van der Waals surface area contributed by atoms with E-state index in [1.54, 1.807) is 11.9 Å². The molecule has 1 rings (SSSR count). The lowest BCUT2D eigenvalue weighted by atomic mass is 10.2. The molecule has 0 bridgehead atoms. The lowest BCUT2D eigenvalue weighted by molar-refractivity contribution is 0.0802. The summed E-state index contributed by atoms with van der Waals surface area (Å²) in [5.74, 6) is -0.122. The maximum absolute atomic E-state index is 11.8. The molecule has 0 saturated heterocycles. The number of hydrogen-bond acceptors (Lipinski definition) is 2. The summed E-state index contributed by atoms with van der Waals surface area (Å²) >= 11 is 11.6. The van der Waals surface area contributed by atoms with Gasteiger partial charge in [-0.3, -0.25) is 4.79 Å². The summed E-state index contributed by atoms with van der Waals surface area (Å²) < 4.78 is 0. The monoisotopic (exact) mass is 246 g/mol. The highest BCUT2D eigenvalue weighted by Crippen LogP contribution is 2.29. The van der Waals surface area contributed by atoms with Crippen molar-refractivity contribution in [2.75, 3.05) is 19.3 Å². The number of anilines is 1. The Labute approximate surface area is 98.8 Å². The average Bonchev–Trinajstić information content (AvgIpc) is 2.23. The van der Waals surface area contributed by atoms with E-state index in [0.29, 0.717) is 22.8 Å². The third kappa shape index (κ3) is 2.55. The molecule has 82 valence electrons. The molecule has 0 fully saturated rings. The summed E-state index contributed by atoms with van der Waals surface area (Å²) in [6.07, 6.45) is 0. The Morgan fingerprint density at radius 3 is 2.53 bits per heavy atom. The molecule has 1 aromatic rings. The topological polar surface area (TPSA) is 46.3 Å². The summed E-state index contributed by atoms with van der Waals surface area (Å²) in [7, 11) is 1.71. The van der Waals surface area contributed by atoms with Gasteiger partial charge in [0, 0.05) is 19.2 Å². The largest absolute Gasteiger partial charge is 0.397 e. The summed E-state index contributed by atoms with van der Waals surface area (Å²) in [4.78, 5) is 13.3. The lowest BCUT2D eigenvalue weighted by Crippen LogP contribution is -2.26. The van der Waals surface area contributed by atoms with E-state index >= 15 is 0 Å². The predicted octanol–water partition coefficient (Wildman–Crippen LogP) is 2.67. The quantitative estimate of drug-likeness (QED) is 0.816. The second-order valence-corrected chi connectivity index (χ2v) is 3.97. The van der Waals surface area contributed by atoms with E-state index in [0.717, 1.165) is 0 Å². The molecular weight excluding hydrogens is 235 g/mol. The molecule has 0 atom stereocenters. The van der Waals surface area contributed by atoms with Crippen LogP contribution in [0.3, 0.4) is 0 Å². The number of amides is 1. The van der Waals surface area contributed by atoms with Crippen LogP contribution < -0.4 is 5.73 Å². The summed E-state index contributed by atoms with van der Waals surface area (Å²) in [6, 6.07) is 3.05. The van der Waals surface area contributed by atoms with Crippen LogP contribution in [0.15, 0.2) is 12.1 Å². The van der Waals surface area contributed by atoms with E-state index in [9.17, 15) is 4.79 Å². The Balaban J connectivity index is 3.12. The molecule has 0 aliphatic heterocycles. The zero-order valence-corrected chi connectivity index (χ0v) is 10.1. The van der Waals surface area contributed by atoms with Gasteiger partial charge < -0.3 is 10.6 Å². The average molecular weight is 247 g/mol. The van der Waals surface area contributed by atoms with E-state index in [4.69, 9.17) is 28.9 Å². The highest BCUT2D eigenvalue weighted by atomic mass is 35.5. The number of rotatable bonds is 2. The van der Waals surface area contributed by atoms with Crippen LogP contribution >= 0.6 is 23.2 Å². The van der Waals surface area contributed by atoms with E-state index < -0.39 is 0 Å². The maximum Gasteiger partial charge on any atom is 0.253 e. The fourth-order valence-corrected chi connectivity index (χ4v) is 1.43. The zero-order valence-electron chi connectivity index (χ0n) is 8.55. The number of benzene rings is 1. The van der Waals surface area contributed by atoms with Gasteiger partial charge >= 0.3 is 0 Å². The van der Waals surface area contributed by atoms with E-state index in [1.807, 2.05) is 6.92 Å². The Bertz CT molecular complexity index is 370. The van der Waals surface area contributed by atoms with Crippen LogP contribution in [0.5, 0.6) is 0 Å². The minimum atomic E-state index is -0.122. The number of nitrogens with zero attached hydrogens (tertiary/aromatic N) is 1. The molecule has 1 amide bonds. The van der Waals surface area contributed by atoms with Crippen LogP contribution in [0.1, 0.15) is 17.3 Å². The molecule has 0 spiro atoms.